The summed E-state index contributed by atoms with van der Waals surface area (Å²) in [5, 5.41) is 13.3. The van der Waals surface area contributed by atoms with Gasteiger partial charge in [-0.2, -0.15) is 0 Å². The van der Waals surface area contributed by atoms with E-state index in [1.807, 2.05) is 12.1 Å². The van der Waals surface area contributed by atoms with Crippen molar-refractivity contribution in [1.29, 1.82) is 0 Å². The normalized spacial score (nSPS) is 19.5. The number of rotatable bonds is 5. The summed E-state index contributed by atoms with van der Waals surface area (Å²) in [6.45, 7) is 4.16. The Balaban J connectivity index is 1.61. The molecule has 1 unspecified atom stereocenters. The van der Waals surface area contributed by atoms with Gasteiger partial charge in [-0.15, -0.1) is 5.10 Å². The molecular formula is C25H31N5O. The van der Waals surface area contributed by atoms with Crippen molar-refractivity contribution in [2.24, 2.45) is 0 Å². The van der Waals surface area contributed by atoms with Gasteiger partial charge in [-0.25, -0.2) is 4.68 Å². The number of methoxy groups -OCH3 is 1. The smallest absolute Gasteiger partial charge is 0.173 e. The zero-order chi connectivity index (χ0) is 21.3. The second-order valence-electron chi connectivity index (χ2n) is 9.14. The van der Waals surface area contributed by atoms with E-state index >= 15 is 0 Å². The van der Waals surface area contributed by atoms with E-state index in [2.05, 4.69) is 68.4 Å². The maximum absolute atomic E-state index is 5.79. The molecular weight excluding hydrogens is 386 g/mol. The Labute approximate surface area is 184 Å². The summed E-state index contributed by atoms with van der Waals surface area (Å²) in [5.41, 5.74) is 3.91. The highest BCUT2D eigenvalue weighted by Gasteiger charge is 2.38. The summed E-state index contributed by atoms with van der Waals surface area (Å²) >= 11 is 0. The number of benzene rings is 2. The van der Waals surface area contributed by atoms with Crippen molar-refractivity contribution in [3.05, 3.63) is 71.0 Å². The molecule has 0 amide bonds. The second-order valence-corrected chi connectivity index (χ2v) is 9.14. The van der Waals surface area contributed by atoms with E-state index in [0.29, 0.717) is 0 Å². The van der Waals surface area contributed by atoms with Gasteiger partial charge in [-0.05, 0) is 53.8 Å². The lowest BCUT2D eigenvalue weighted by molar-refractivity contribution is 0.154. The highest BCUT2D eigenvalue weighted by Crippen LogP contribution is 2.40. The number of hydrogen-bond donors (Lipinski definition) is 0. The van der Waals surface area contributed by atoms with Gasteiger partial charge in [-0.3, -0.25) is 4.90 Å². The van der Waals surface area contributed by atoms with Gasteiger partial charge < -0.3 is 4.74 Å². The third kappa shape index (κ3) is 3.74. The molecule has 0 saturated heterocycles. The molecule has 1 aliphatic heterocycles. The number of aromatic nitrogens is 4. The van der Waals surface area contributed by atoms with Crippen molar-refractivity contribution in [2.75, 3.05) is 13.7 Å². The molecule has 6 nitrogen and oxygen atoms in total. The highest BCUT2D eigenvalue weighted by atomic mass is 16.5. The first-order valence-corrected chi connectivity index (χ1v) is 11.4. The summed E-state index contributed by atoms with van der Waals surface area (Å²) in [4.78, 5) is 2.51. The molecule has 3 aromatic rings. The SMILES string of the molecule is COc1ccccc1C(c1nnnn1C1(C)CCCCC1)N1CCc2ccccc2C1. The van der Waals surface area contributed by atoms with E-state index < -0.39 is 0 Å². The third-order valence-electron chi connectivity index (χ3n) is 7.14. The zero-order valence-electron chi connectivity index (χ0n) is 18.5. The van der Waals surface area contributed by atoms with Crippen LogP contribution in [-0.4, -0.2) is 38.8 Å². The van der Waals surface area contributed by atoms with Gasteiger partial charge >= 0.3 is 0 Å². The van der Waals surface area contributed by atoms with Crippen molar-refractivity contribution in [1.82, 2.24) is 25.1 Å². The minimum atomic E-state index is -0.0572. The Hall–Kier alpha value is -2.73. The molecule has 0 radical (unpaired) electrons. The van der Waals surface area contributed by atoms with Gasteiger partial charge in [0.25, 0.3) is 0 Å². The van der Waals surface area contributed by atoms with E-state index in [-0.39, 0.29) is 11.6 Å². The van der Waals surface area contributed by atoms with Crippen LogP contribution in [0.4, 0.5) is 0 Å². The maximum atomic E-state index is 5.79. The number of hydrogen-bond acceptors (Lipinski definition) is 5. The van der Waals surface area contributed by atoms with Crippen LogP contribution in [0.1, 0.15) is 67.6 Å². The standard InChI is InChI=1S/C25H31N5O/c1-25(15-8-3-9-16-25)30-24(26-27-28-30)23(21-12-6-7-13-22(21)31-2)29-17-14-19-10-4-5-11-20(19)18-29/h4-7,10-13,23H,3,8-9,14-18H2,1-2H3. The average Bonchev–Trinajstić information content (AvgIpc) is 3.30. The Morgan fingerprint density at radius 1 is 0.968 bits per heavy atom. The molecule has 1 fully saturated rings. The van der Waals surface area contributed by atoms with Crippen molar-refractivity contribution in [2.45, 2.75) is 63.6 Å². The molecule has 0 N–H and O–H groups in total. The first-order chi connectivity index (χ1) is 15.2. The topological polar surface area (TPSA) is 56.1 Å². The van der Waals surface area contributed by atoms with Crippen LogP contribution >= 0.6 is 0 Å². The fraction of sp³-hybridized carbons (Fsp3) is 0.480. The van der Waals surface area contributed by atoms with Crippen LogP contribution in [0.5, 0.6) is 5.75 Å². The van der Waals surface area contributed by atoms with Crippen LogP contribution < -0.4 is 4.74 Å². The van der Waals surface area contributed by atoms with Crippen molar-refractivity contribution in [3.8, 4) is 5.75 Å². The lowest BCUT2D eigenvalue weighted by atomic mass is 9.83. The van der Waals surface area contributed by atoms with Crippen molar-refractivity contribution >= 4 is 0 Å². The predicted molar refractivity (Wildman–Crippen MR) is 120 cm³/mol. The molecule has 31 heavy (non-hydrogen) atoms. The quantitative estimate of drug-likeness (QED) is 0.611. The lowest BCUT2D eigenvalue weighted by Crippen LogP contribution is -2.40. The lowest BCUT2D eigenvalue weighted by Gasteiger charge is -2.39. The molecule has 0 spiro atoms. The van der Waals surface area contributed by atoms with E-state index in [1.54, 1.807) is 7.11 Å². The van der Waals surface area contributed by atoms with E-state index in [0.717, 1.165) is 49.5 Å². The third-order valence-corrected chi connectivity index (χ3v) is 7.14. The summed E-state index contributed by atoms with van der Waals surface area (Å²) < 4.78 is 7.92. The summed E-state index contributed by atoms with van der Waals surface area (Å²) in [7, 11) is 1.74. The Morgan fingerprint density at radius 3 is 2.52 bits per heavy atom. The van der Waals surface area contributed by atoms with Crippen LogP contribution in [0.15, 0.2) is 48.5 Å². The first-order valence-electron chi connectivity index (χ1n) is 11.4. The molecule has 1 aromatic heterocycles. The number of fused-ring (bicyclic) bond motifs is 1. The molecule has 1 aliphatic carbocycles. The zero-order valence-corrected chi connectivity index (χ0v) is 18.5. The number of ether oxygens (including phenoxy) is 1. The Morgan fingerprint density at radius 2 is 1.71 bits per heavy atom. The minimum absolute atomic E-state index is 0.0367. The number of nitrogens with zero attached hydrogens (tertiary/aromatic N) is 5. The fourth-order valence-electron chi connectivity index (χ4n) is 5.40. The van der Waals surface area contributed by atoms with Gasteiger partial charge in [0, 0.05) is 18.7 Å². The van der Waals surface area contributed by atoms with Gasteiger partial charge in [0.2, 0.25) is 0 Å². The fourth-order valence-corrected chi connectivity index (χ4v) is 5.40. The van der Waals surface area contributed by atoms with Crippen LogP contribution in [0, 0.1) is 0 Å². The van der Waals surface area contributed by atoms with E-state index in [1.165, 1.54) is 30.4 Å². The molecule has 2 aromatic carbocycles. The van der Waals surface area contributed by atoms with Gasteiger partial charge in [0.15, 0.2) is 5.82 Å². The van der Waals surface area contributed by atoms with Crippen LogP contribution in [0.2, 0.25) is 0 Å². The molecule has 2 heterocycles. The molecule has 0 bridgehead atoms. The van der Waals surface area contributed by atoms with E-state index in [4.69, 9.17) is 4.74 Å². The predicted octanol–water partition coefficient (Wildman–Crippen LogP) is 4.51. The largest absolute Gasteiger partial charge is 0.496 e. The van der Waals surface area contributed by atoms with Crippen LogP contribution in [0.3, 0.4) is 0 Å². The second kappa shape index (κ2) is 8.42. The molecule has 1 atom stereocenters. The molecule has 5 rings (SSSR count). The Bertz CT molecular complexity index is 1040. The van der Waals surface area contributed by atoms with Gasteiger partial charge in [-0.1, -0.05) is 61.7 Å². The number of tetrazole rings is 1. The van der Waals surface area contributed by atoms with Crippen LogP contribution in [0.25, 0.3) is 0 Å². The first kappa shape index (κ1) is 20.2. The monoisotopic (exact) mass is 417 g/mol. The minimum Gasteiger partial charge on any atom is -0.496 e. The summed E-state index contributed by atoms with van der Waals surface area (Å²) in [5.74, 6) is 1.81. The summed E-state index contributed by atoms with van der Waals surface area (Å²) in [6.07, 6.45) is 7.02. The molecule has 1 saturated carbocycles. The van der Waals surface area contributed by atoms with Gasteiger partial charge in [0.1, 0.15) is 11.8 Å². The average molecular weight is 418 g/mol. The van der Waals surface area contributed by atoms with Crippen molar-refractivity contribution < 1.29 is 4.74 Å². The molecule has 6 heteroatoms. The maximum Gasteiger partial charge on any atom is 0.173 e. The number of para-hydroxylation sites is 1. The van der Waals surface area contributed by atoms with E-state index in [9.17, 15) is 0 Å². The van der Waals surface area contributed by atoms with Gasteiger partial charge in [0.05, 0.1) is 12.6 Å². The molecule has 2 aliphatic rings. The summed E-state index contributed by atoms with van der Waals surface area (Å²) in [6, 6.07) is 17.0. The highest BCUT2D eigenvalue weighted by molar-refractivity contribution is 5.40. The Kier molecular flexibility index (Phi) is 5.48. The molecule has 162 valence electrons. The van der Waals surface area contributed by atoms with Crippen molar-refractivity contribution in [3.63, 3.8) is 0 Å². The van der Waals surface area contributed by atoms with Crippen LogP contribution in [-0.2, 0) is 18.5 Å².